The highest BCUT2D eigenvalue weighted by Gasteiger charge is 2.09. The van der Waals surface area contributed by atoms with Gasteiger partial charge in [-0.1, -0.05) is 5.92 Å². The molecule has 0 aliphatic heterocycles. The minimum atomic E-state index is 0.356. The molecule has 3 nitrogen and oxygen atoms in total. The molecule has 2 rings (SSSR count). The van der Waals surface area contributed by atoms with Crippen LogP contribution in [0.1, 0.15) is 25.5 Å². The Kier molecular flexibility index (Phi) is 1.97. The van der Waals surface area contributed by atoms with Crippen LogP contribution in [0.25, 0.3) is 11.0 Å². The first-order chi connectivity index (χ1) is 6.74. The van der Waals surface area contributed by atoms with E-state index in [0.717, 1.165) is 16.6 Å². The molecule has 0 aliphatic carbocycles. The van der Waals surface area contributed by atoms with E-state index in [1.807, 2.05) is 6.20 Å². The SMILES string of the molecule is C#Cc1cn(C(C)C)c2ncncc12. The number of hydrogen-bond donors (Lipinski definition) is 0. The van der Waals surface area contributed by atoms with E-state index in [4.69, 9.17) is 6.42 Å². The summed E-state index contributed by atoms with van der Waals surface area (Å²) in [6.45, 7) is 4.20. The van der Waals surface area contributed by atoms with E-state index in [9.17, 15) is 0 Å². The van der Waals surface area contributed by atoms with Crippen molar-refractivity contribution in [2.45, 2.75) is 19.9 Å². The Morgan fingerprint density at radius 1 is 1.50 bits per heavy atom. The summed E-state index contributed by atoms with van der Waals surface area (Å²) in [5.74, 6) is 2.64. The predicted molar refractivity (Wildman–Crippen MR) is 55.8 cm³/mol. The van der Waals surface area contributed by atoms with Crippen molar-refractivity contribution in [3.8, 4) is 12.3 Å². The van der Waals surface area contributed by atoms with Gasteiger partial charge in [-0.3, -0.25) is 0 Å². The number of rotatable bonds is 1. The average molecular weight is 185 g/mol. The average Bonchev–Trinajstić information content (AvgIpc) is 2.56. The molecule has 2 aromatic rings. The minimum Gasteiger partial charge on any atom is -0.329 e. The molecule has 2 aromatic heterocycles. The molecule has 0 radical (unpaired) electrons. The first kappa shape index (κ1) is 8.76. The van der Waals surface area contributed by atoms with E-state index >= 15 is 0 Å². The van der Waals surface area contributed by atoms with Crippen LogP contribution in [0.15, 0.2) is 18.7 Å². The zero-order valence-electron chi connectivity index (χ0n) is 8.23. The Balaban J connectivity index is 2.82. The van der Waals surface area contributed by atoms with E-state index in [1.54, 1.807) is 12.5 Å². The van der Waals surface area contributed by atoms with Crippen LogP contribution in [0.2, 0.25) is 0 Å². The summed E-state index contributed by atoms with van der Waals surface area (Å²) in [5, 5.41) is 0.948. The lowest BCUT2D eigenvalue weighted by molar-refractivity contribution is 0.617. The molecule has 3 heteroatoms. The number of hydrogen-bond acceptors (Lipinski definition) is 2. The van der Waals surface area contributed by atoms with Gasteiger partial charge in [0.1, 0.15) is 12.0 Å². The van der Waals surface area contributed by atoms with Crippen LogP contribution in [0.3, 0.4) is 0 Å². The molecule has 0 bridgehead atoms. The van der Waals surface area contributed by atoms with Crippen molar-refractivity contribution in [3.63, 3.8) is 0 Å². The van der Waals surface area contributed by atoms with Gasteiger partial charge in [-0.05, 0) is 13.8 Å². The van der Waals surface area contributed by atoms with Crippen LogP contribution in [-0.2, 0) is 0 Å². The van der Waals surface area contributed by atoms with Crippen LogP contribution in [0.5, 0.6) is 0 Å². The molecule has 0 atom stereocenters. The Labute approximate surface area is 82.8 Å². The van der Waals surface area contributed by atoms with E-state index in [2.05, 4.69) is 34.3 Å². The second-order valence-electron chi connectivity index (χ2n) is 3.45. The zero-order chi connectivity index (χ0) is 10.1. The second-order valence-corrected chi connectivity index (χ2v) is 3.45. The van der Waals surface area contributed by atoms with Gasteiger partial charge >= 0.3 is 0 Å². The highest BCUT2D eigenvalue weighted by atomic mass is 15.1. The highest BCUT2D eigenvalue weighted by molar-refractivity contribution is 5.82. The Bertz CT molecular complexity index is 503. The predicted octanol–water partition coefficient (Wildman–Crippen LogP) is 1.99. The fourth-order valence-corrected chi connectivity index (χ4v) is 1.50. The Morgan fingerprint density at radius 2 is 2.29 bits per heavy atom. The van der Waals surface area contributed by atoms with Gasteiger partial charge in [0.25, 0.3) is 0 Å². The van der Waals surface area contributed by atoms with E-state index in [1.165, 1.54) is 0 Å². The molecule has 14 heavy (non-hydrogen) atoms. The van der Waals surface area contributed by atoms with Gasteiger partial charge in [0.2, 0.25) is 0 Å². The van der Waals surface area contributed by atoms with Crippen molar-refractivity contribution >= 4 is 11.0 Å². The van der Waals surface area contributed by atoms with Gasteiger partial charge in [-0.15, -0.1) is 6.42 Å². The summed E-state index contributed by atoms with van der Waals surface area (Å²) in [6, 6.07) is 0.356. The maximum atomic E-state index is 5.41. The summed E-state index contributed by atoms with van der Waals surface area (Å²) >= 11 is 0. The largest absolute Gasteiger partial charge is 0.329 e. The molecule has 0 N–H and O–H groups in total. The summed E-state index contributed by atoms with van der Waals surface area (Å²) in [4.78, 5) is 8.20. The summed E-state index contributed by atoms with van der Waals surface area (Å²) in [5.41, 5.74) is 1.76. The first-order valence-corrected chi connectivity index (χ1v) is 4.51. The third kappa shape index (κ3) is 1.16. The van der Waals surface area contributed by atoms with Gasteiger partial charge in [-0.2, -0.15) is 0 Å². The molecule has 70 valence electrons. The smallest absolute Gasteiger partial charge is 0.144 e. The van der Waals surface area contributed by atoms with Crippen LogP contribution in [0.4, 0.5) is 0 Å². The highest BCUT2D eigenvalue weighted by Crippen LogP contribution is 2.20. The number of terminal acetylenes is 1. The monoisotopic (exact) mass is 185 g/mol. The standard InChI is InChI=1S/C11H11N3/c1-4-9-6-14(8(2)3)11-10(9)5-12-7-13-11/h1,5-8H,2-3H3. The molecule has 0 aromatic carbocycles. The van der Waals surface area contributed by atoms with Crippen LogP contribution in [0, 0.1) is 12.3 Å². The lowest BCUT2D eigenvalue weighted by Gasteiger charge is -2.06. The summed E-state index contributed by atoms with van der Waals surface area (Å²) in [7, 11) is 0. The maximum absolute atomic E-state index is 5.41. The topological polar surface area (TPSA) is 30.7 Å². The third-order valence-electron chi connectivity index (χ3n) is 2.21. The molecule has 0 saturated heterocycles. The summed E-state index contributed by atoms with van der Waals surface area (Å²) < 4.78 is 2.06. The molecule has 0 amide bonds. The van der Waals surface area contributed by atoms with Crippen LogP contribution in [-0.4, -0.2) is 14.5 Å². The van der Waals surface area contributed by atoms with Crippen molar-refractivity contribution in [2.75, 3.05) is 0 Å². The molecular formula is C11H11N3. The molecular weight excluding hydrogens is 174 g/mol. The molecule has 0 aliphatic rings. The fraction of sp³-hybridized carbons (Fsp3) is 0.273. The lowest BCUT2D eigenvalue weighted by atomic mass is 10.3. The molecule has 0 saturated carbocycles. The van der Waals surface area contributed by atoms with Crippen molar-refractivity contribution in [3.05, 3.63) is 24.3 Å². The number of nitrogens with zero attached hydrogens (tertiary/aromatic N) is 3. The lowest BCUT2D eigenvalue weighted by Crippen LogP contribution is -1.99. The molecule has 2 heterocycles. The van der Waals surface area contributed by atoms with Crippen molar-refractivity contribution in [1.29, 1.82) is 0 Å². The van der Waals surface area contributed by atoms with Gasteiger partial charge < -0.3 is 4.57 Å². The van der Waals surface area contributed by atoms with Gasteiger partial charge in [0, 0.05) is 18.4 Å². The number of aromatic nitrogens is 3. The normalized spacial score (nSPS) is 10.7. The van der Waals surface area contributed by atoms with E-state index in [-0.39, 0.29) is 0 Å². The summed E-state index contributed by atoms with van der Waals surface area (Å²) in [6.07, 6.45) is 10.7. The van der Waals surface area contributed by atoms with Crippen LogP contribution < -0.4 is 0 Å². The van der Waals surface area contributed by atoms with E-state index in [0.29, 0.717) is 6.04 Å². The van der Waals surface area contributed by atoms with Gasteiger partial charge in [0.15, 0.2) is 0 Å². The zero-order valence-corrected chi connectivity index (χ0v) is 8.23. The molecule has 0 unspecified atom stereocenters. The van der Waals surface area contributed by atoms with E-state index < -0.39 is 0 Å². The van der Waals surface area contributed by atoms with Gasteiger partial charge in [-0.25, -0.2) is 9.97 Å². The molecule has 0 fully saturated rings. The van der Waals surface area contributed by atoms with Crippen molar-refractivity contribution in [1.82, 2.24) is 14.5 Å². The van der Waals surface area contributed by atoms with Crippen LogP contribution >= 0.6 is 0 Å². The Hall–Kier alpha value is -1.82. The Morgan fingerprint density at radius 3 is 2.93 bits per heavy atom. The quantitative estimate of drug-likeness (QED) is 0.636. The molecule has 0 spiro atoms. The fourth-order valence-electron chi connectivity index (χ4n) is 1.50. The number of fused-ring (bicyclic) bond motifs is 1. The second kappa shape index (κ2) is 3.15. The van der Waals surface area contributed by atoms with Crippen molar-refractivity contribution < 1.29 is 0 Å². The third-order valence-corrected chi connectivity index (χ3v) is 2.21. The first-order valence-electron chi connectivity index (χ1n) is 4.51. The van der Waals surface area contributed by atoms with Gasteiger partial charge in [0.05, 0.1) is 10.9 Å². The van der Waals surface area contributed by atoms with Crippen molar-refractivity contribution in [2.24, 2.45) is 0 Å². The minimum absolute atomic E-state index is 0.356. The maximum Gasteiger partial charge on any atom is 0.144 e.